The van der Waals surface area contributed by atoms with Crippen LogP contribution >= 0.6 is 0 Å². The van der Waals surface area contributed by atoms with Crippen molar-refractivity contribution in [1.29, 1.82) is 0 Å². The summed E-state index contributed by atoms with van der Waals surface area (Å²) in [6.45, 7) is 6.66. The van der Waals surface area contributed by atoms with Crippen molar-refractivity contribution < 1.29 is 9.53 Å². The van der Waals surface area contributed by atoms with Crippen molar-refractivity contribution in [2.75, 3.05) is 6.61 Å². The minimum Gasteiger partial charge on any atom is -0.466 e. The second-order valence-corrected chi connectivity index (χ2v) is 4.46. The summed E-state index contributed by atoms with van der Waals surface area (Å²) in [6, 6.07) is 0. The molecule has 0 spiro atoms. The van der Waals surface area contributed by atoms with Gasteiger partial charge in [-0.05, 0) is 24.2 Å². The lowest BCUT2D eigenvalue weighted by Gasteiger charge is -2.32. The van der Waals surface area contributed by atoms with Gasteiger partial charge in [-0.3, -0.25) is 4.79 Å². The fourth-order valence-electron chi connectivity index (χ4n) is 2.11. The number of ether oxygens (including phenoxy) is 1. The Balaban J connectivity index is 2.33. The van der Waals surface area contributed by atoms with Gasteiger partial charge in [0.1, 0.15) is 0 Å². The smallest absolute Gasteiger partial charge is 0.302 e. The second-order valence-electron chi connectivity index (χ2n) is 4.46. The summed E-state index contributed by atoms with van der Waals surface area (Å²) in [5.74, 6) is 1.96. The van der Waals surface area contributed by atoms with Crippen LogP contribution in [-0.2, 0) is 9.53 Å². The highest BCUT2D eigenvalue weighted by molar-refractivity contribution is 5.65. The molecular formula is C11H20O2. The summed E-state index contributed by atoms with van der Waals surface area (Å²) in [5.41, 5.74) is 0. The Morgan fingerprint density at radius 3 is 2.69 bits per heavy atom. The van der Waals surface area contributed by atoms with E-state index < -0.39 is 0 Å². The predicted octanol–water partition coefficient (Wildman–Crippen LogP) is 2.62. The van der Waals surface area contributed by atoms with Crippen LogP contribution in [0.2, 0.25) is 0 Å². The third kappa shape index (κ3) is 3.37. The molecule has 1 fully saturated rings. The molecule has 76 valence electrons. The van der Waals surface area contributed by atoms with Crippen LogP contribution in [0.1, 0.15) is 40.0 Å². The molecule has 3 unspecified atom stereocenters. The van der Waals surface area contributed by atoms with E-state index in [-0.39, 0.29) is 5.97 Å². The fraction of sp³-hybridized carbons (Fsp3) is 0.909. The van der Waals surface area contributed by atoms with Gasteiger partial charge in [-0.1, -0.05) is 26.7 Å². The number of hydrogen-bond acceptors (Lipinski definition) is 2. The first-order valence-corrected chi connectivity index (χ1v) is 5.23. The molecule has 1 rings (SSSR count). The van der Waals surface area contributed by atoms with Gasteiger partial charge in [0.25, 0.3) is 0 Å². The number of rotatable bonds is 2. The normalized spacial score (nSPS) is 34.2. The van der Waals surface area contributed by atoms with E-state index in [1.807, 2.05) is 0 Å². The zero-order chi connectivity index (χ0) is 9.84. The fourth-order valence-corrected chi connectivity index (χ4v) is 2.11. The van der Waals surface area contributed by atoms with E-state index in [1.165, 1.54) is 26.2 Å². The van der Waals surface area contributed by atoms with Crippen molar-refractivity contribution >= 4 is 5.97 Å². The molecule has 0 aromatic rings. The number of carbonyl (C=O) groups excluding carboxylic acids is 1. The highest BCUT2D eigenvalue weighted by Gasteiger charge is 2.25. The maximum absolute atomic E-state index is 10.7. The molecule has 1 saturated carbocycles. The average Bonchev–Trinajstić information content (AvgIpc) is 2.06. The van der Waals surface area contributed by atoms with E-state index in [9.17, 15) is 4.79 Å². The number of carbonyl (C=O) groups is 1. The zero-order valence-corrected chi connectivity index (χ0v) is 8.88. The Morgan fingerprint density at radius 1 is 1.38 bits per heavy atom. The van der Waals surface area contributed by atoms with Crippen LogP contribution in [0.15, 0.2) is 0 Å². The number of hydrogen-bond donors (Lipinski definition) is 0. The molecule has 0 bridgehead atoms. The van der Waals surface area contributed by atoms with E-state index >= 15 is 0 Å². The van der Waals surface area contributed by atoms with Gasteiger partial charge >= 0.3 is 5.97 Å². The van der Waals surface area contributed by atoms with Crippen molar-refractivity contribution in [3.8, 4) is 0 Å². The molecule has 0 heterocycles. The Morgan fingerprint density at radius 2 is 2.08 bits per heavy atom. The quantitative estimate of drug-likeness (QED) is 0.617. The molecule has 0 saturated heterocycles. The van der Waals surface area contributed by atoms with E-state index in [2.05, 4.69) is 13.8 Å². The van der Waals surface area contributed by atoms with Crippen LogP contribution in [0.25, 0.3) is 0 Å². The molecule has 0 amide bonds. The largest absolute Gasteiger partial charge is 0.466 e. The molecule has 0 aromatic carbocycles. The van der Waals surface area contributed by atoms with E-state index in [0.717, 1.165) is 11.8 Å². The van der Waals surface area contributed by atoms with Gasteiger partial charge in [-0.15, -0.1) is 0 Å². The van der Waals surface area contributed by atoms with E-state index in [0.29, 0.717) is 12.5 Å². The van der Waals surface area contributed by atoms with Crippen molar-refractivity contribution in [3.05, 3.63) is 0 Å². The lowest BCUT2D eigenvalue weighted by atomic mass is 9.76. The first kappa shape index (κ1) is 10.6. The molecular weight excluding hydrogens is 164 g/mol. The molecule has 2 nitrogen and oxygen atoms in total. The van der Waals surface area contributed by atoms with Crippen molar-refractivity contribution in [2.45, 2.75) is 40.0 Å². The summed E-state index contributed by atoms with van der Waals surface area (Å²) in [6.07, 6.45) is 3.83. The molecule has 2 heteroatoms. The molecule has 1 aliphatic rings. The third-order valence-electron chi connectivity index (χ3n) is 3.13. The molecule has 13 heavy (non-hydrogen) atoms. The van der Waals surface area contributed by atoms with Crippen molar-refractivity contribution in [3.63, 3.8) is 0 Å². The van der Waals surface area contributed by atoms with E-state index in [4.69, 9.17) is 4.74 Å². The minimum absolute atomic E-state index is 0.148. The van der Waals surface area contributed by atoms with Crippen LogP contribution in [-0.4, -0.2) is 12.6 Å². The van der Waals surface area contributed by atoms with Crippen LogP contribution in [0, 0.1) is 17.8 Å². The first-order chi connectivity index (χ1) is 6.09. The Bertz CT molecular complexity index is 177. The summed E-state index contributed by atoms with van der Waals surface area (Å²) in [4.78, 5) is 10.7. The third-order valence-corrected chi connectivity index (χ3v) is 3.13. The van der Waals surface area contributed by atoms with Gasteiger partial charge in [-0.25, -0.2) is 0 Å². The van der Waals surface area contributed by atoms with Gasteiger partial charge in [0, 0.05) is 6.92 Å². The average molecular weight is 184 g/mol. The molecule has 0 radical (unpaired) electrons. The molecule has 1 aliphatic carbocycles. The predicted molar refractivity (Wildman–Crippen MR) is 52.3 cm³/mol. The molecule has 0 aliphatic heterocycles. The molecule has 0 N–H and O–H groups in total. The summed E-state index contributed by atoms with van der Waals surface area (Å²) >= 11 is 0. The van der Waals surface area contributed by atoms with Crippen molar-refractivity contribution in [1.82, 2.24) is 0 Å². The van der Waals surface area contributed by atoms with Crippen LogP contribution in [0.3, 0.4) is 0 Å². The highest BCUT2D eigenvalue weighted by Crippen LogP contribution is 2.33. The van der Waals surface area contributed by atoms with Crippen molar-refractivity contribution in [2.24, 2.45) is 17.8 Å². The lowest BCUT2D eigenvalue weighted by molar-refractivity contribution is -0.143. The number of esters is 1. The summed E-state index contributed by atoms with van der Waals surface area (Å²) in [5, 5.41) is 0. The lowest BCUT2D eigenvalue weighted by Crippen LogP contribution is -2.26. The Labute approximate surface area is 80.7 Å². The van der Waals surface area contributed by atoms with Gasteiger partial charge in [0.05, 0.1) is 6.61 Å². The SMILES string of the molecule is CC(=O)OCC1CC(C)CCC1C. The second kappa shape index (κ2) is 4.64. The van der Waals surface area contributed by atoms with Crippen LogP contribution < -0.4 is 0 Å². The monoisotopic (exact) mass is 184 g/mol. The highest BCUT2D eigenvalue weighted by atomic mass is 16.5. The zero-order valence-electron chi connectivity index (χ0n) is 8.88. The van der Waals surface area contributed by atoms with Gasteiger partial charge in [0.2, 0.25) is 0 Å². The van der Waals surface area contributed by atoms with Crippen LogP contribution in [0.5, 0.6) is 0 Å². The molecule has 0 aromatic heterocycles. The maximum atomic E-state index is 10.7. The van der Waals surface area contributed by atoms with Gasteiger partial charge in [0.15, 0.2) is 0 Å². The Hall–Kier alpha value is -0.530. The first-order valence-electron chi connectivity index (χ1n) is 5.23. The summed E-state index contributed by atoms with van der Waals surface area (Å²) < 4.78 is 5.06. The summed E-state index contributed by atoms with van der Waals surface area (Å²) in [7, 11) is 0. The van der Waals surface area contributed by atoms with E-state index in [1.54, 1.807) is 0 Å². The van der Waals surface area contributed by atoms with Gasteiger partial charge in [-0.2, -0.15) is 0 Å². The van der Waals surface area contributed by atoms with Gasteiger partial charge < -0.3 is 4.74 Å². The van der Waals surface area contributed by atoms with Crippen LogP contribution in [0.4, 0.5) is 0 Å². The molecule has 3 atom stereocenters. The Kier molecular flexibility index (Phi) is 3.76. The maximum Gasteiger partial charge on any atom is 0.302 e. The topological polar surface area (TPSA) is 26.3 Å². The minimum atomic E-state index is -0.148. The standard InChI is InChI=1S/C11H20O2/c1-8-4-5-9(2)11(6-8)7-13-10(3)12/h8-9,11H,4-7H2,1-3H3.